The van der Waals surface area contributed by atoms with Crippen molar-refractivity contribution in [2.45, 2.75) is 44.2 Å². The fourth-order valence-corrected chi connectivity index (χ4v) is 2.09. The van der Waals surface area contributed by atoms with Crippen LogP contribution in [0.3, 0.4) is 0 Å². The first-order chi connectivity index (χ1) is 8.60. The second-order valence-corrected chi connectivity index (χ2v) is 7.12. The Balaban J connectivity index is 2.83. The van der Waals surface area contributed by atoms with Crippen molar-refractivity contribution in [3.05, 3.63) is 30.1 Å². The molecule has 0 radical (unpaired) electrons. The zero-order valence-electron chi connectivity index (χ0n) is 11.0. The zero-order chi connectivity index (χ0) is 14.7. The van der Waals surface area contributed by atoms with E-state index in [1.54, 1.807) is 32.9 Å². The topological polar surface area (TPSA) is 42.0 Å². The Morgan fingerprint density at radius 1 is 1.32 bits per heavy atom. The smallest absolute Gasteiger partial charge is 0.261 e. The molecule has 1 N–H and O–H groups in total. The molecular weight excluding hydrogens is 277 g/mol. The zero-order valence-corrected chi connectivity index (χ0v) is 11.8. The molecule has 1 aromatic heterocycles. The Morgan fingerprint density at radius 2 is 1.95 bits per heavy atom. The van der Waals surface area contributed by atoms with Crippen LogP contribution < -0.4 is 4.72 Å². The van der Waals surface area contributed by atoms with Crippen LogP contribution in [0.4, 0.5) is 13.2 Å². The van der Waals surface area contributed by atoms with E-state index in [-0.39, 0.29) is 6.42 Å². The third-order valence-corrected chi connectivity index (χ3v) is 3.95. The number of rotatable bonds is 4. The summed E-state index contributed by atoms with van der Waals surface area (Å²) in [5.41, 5.74) is 0.309. The van der Waals surface area contributed by atoms with E-state index in [9.17, 15) is 17.4 Å². The highest BCUT2D eigenvalue weighted by Gasteiger charge is 2.42. The minimum Gasteiger partial charge on any atom is -0.261 e. The molecular formula is C12H17F3N2OS. The van der Waals surface area contributed by atoms with Gasteiger partial charge in [0.05, 0.1) is 15.7 Å². The molecule has 0 aromatic carbocycles. The average Bonchev–Trinajstić information content (AvgIpc) is 2.27. The number of hydrogen-bond acceptors (Lipinski definition) is 2. The molecule has 2 atom stereocenters. The number of hydrogen-bond donors (Lipinski definition) is 1. The molecule has 1 aromatic rings. The van der Waals surface area contributed by atoms with Gasteiger partial charge in [0.15, 0.2) is 0 Å². The number of halogens is 3. The Bertz CT molecular complexity index is 429. The summed E-state index contributed by atoms with van der Waals surface area (Å²) >= 11 is 0. The van der Waals surface area contributed by atoms with Crippen molar-refractivity contribution in [1.29, 1.82) is 0 Å². The van der Waals surface area contributed by atoms with Crippen molar-refractivity contribution in [2.75, 3.05) is 0 Å². The summed E-state index contributed by atoms with van der Waals surface area (Å²) in [6.45, 7) is 4.85. The lowest BCUT2D eigenvalue weighted by Gasteiger charge is -2.25. The first-order valence-electron chi connectivity index (χ1n) is 5.75. The Morgan fingerprint density at radius 3 is 2.37 bits per heavy atom. The molecule has 19 heavy (non-hydrogen) atoms. The second kappa shape index (κ2) is 6.00. The van der Waals surface area contributed by atoms with Crippen LogP contribution >= 0.6 is 0 Å². The lowest BCUT2D eigenvalue weighted by molar-refractivity contribution is -0.150. The third-order valence-electron chi connectivity index (χ3n) is 2.34. The second-order valence-electron chi connectivity index (χ2n) is 5.12. The molecule has 0 saturated carbocycles. The van der Waals surface area contributed by atoms with Gasteiger partial charge in [0.1, 0.15) is 6.04 Å². The average molecular weight is 294 g/mol. The fraction of sp³-hybridized carbons (Fsp3) is 0.583. The summed E-state index contributed by atoms with van der Waals surface area (Å²) in [4.78, 5) is 3.86. The number of nitrogens with zero attached hydrogens (tertiary/aromatic N) is 1. The van der Waals surface area contributed by atoms with Crippen molar-refractivity contribution in [1.82, 2.24) is 9.71 Å². The van der Waals surface area contributed by atoms with Crippen LogP contribution in [0.25, 0.3) is 0 Å². The summed E-state index contributed by atoms with van der Waals surface area (Å²) in [7, 11) is -1.79. The summed E-state index contributed by atoms with van der Waals surface area (Å²) < 4.78 is 52.0. The van der Waals surface area contributed by atoms with E-state index >= 15 is 0 Å². The number of aromatic nitrogens is 1. The normalized spacial score (nSPS) is 16.1. The summed E-state index contributed by atoms with van der Waals surface area (Å²) in [5.74, 6) is 0. The van der Waals surface area contributed by atoms with Crippen LogP contribution in [0.1, 0.15) is 26.5 Å². The number of nitrogens with one attached hydrogen (secondary N) is 1. The standard InChI is InChI=1S/C12H17F3N2OS/c1-11(2,3)19(18)17-10(12(13,14)15)8-9-6-4-5-7-16-9/h4-7,10,17H,8H2,1-3H3/t10-,19+/m0/s1. The Hall–Kier alpha value is -0.950. The lowest BCUT2D eigenvalue weighted by atomic mass is 10.1. The number of alkyl halides is 3. The molecule has 7 heteroatoms. The Kier molecular flexibility index (Phi) is 5.09. The molecule has 0 aliphatic heterocycles. The molecule has 0 amide bonds. The van der Waals surface area contributed by atoms with E-state index in [2.05, 4.69) is 9.71 Å². The van der Waals surface area contributed by atoms with Crippen molar-refractivity contribution < 1.29 is 17.4 Å². The highest BCUT2D eigenvalue weighted by molar-refractivity contribution is 7.84. The minimum absolute atomic E-state index is 0.309. The van der Waals surface area contributed by atoms with Crippen LogP contribution in [-0.2, 0) is 17.4 Å². The molecule has 1 heterocycles. The number of pyridine rings is 1. The lowest BCUT2D eigenvalue weighted by Crippen LogP contribution is -2.48. The maximum atomic E-state index is 12.9. The van der Waals surface area contributed by atoms with Gasteiger partial charge in [0.2, 0.25) is 0 Å². The van der Waals surface area contributed by atoms with Crippen LogP contribution in [0.5, 0.6) is 0 Å². The summed E-state index contributed by atoms with van der Waals surface area (Å²) in [5, 5.41) is 0. The third kappa shape index (κ3) is 5.28. The van der Waals surface area contributed by atoms with Gasteiger partial charge in [-0.15, -0.1) is 0 Å². The van der Waals surface area contributed by atoms with E-state index in [1.165, 1.54) is 12.3 Å². The maximum Gasteiger partial charge on any atom is 0.405 e. The first-order valence-corrected chi connectivity index (χ1v) is 6.90. The highest BCUT2D eigenvalue weighted by Crippen LogP contribution is 2.24. The van der Waals surface area contributed by atoms with Crippen molar-refractivity contribution >= 4 is 11.0 Å². The van der Waals surface area contributed by atoms with E-state index in [0.717, 1.165) is 0 Å². The van der Waals surface area contributed by atoms with E-state index < -0.39 is 28.0 Å². The molecule has 0 spiro atoms. The van der Waals surface area contributed by atoms with Crippen LogP contribution in [0, 0.1) is 0 Å². The van der Waals surface area contributed by atoms with Crippen molar-refractivity contribution in [3.63, 3.8) is 0 Å². The van der Waals surface area contributed by atoms with Gasteiger partial charge in [0.25, 0.3) is 0 Å². The van der Waals surface area contributed by atoms with Gasteiger partial charge in [0, 0.05) is 18.3 Å². The summed E-state index contributed by atoms with van der Waals surface area (Å²) in [6, 6.07) is 2.89. The summed E-state index contributed by atoms with van der Waals surface area (Å²) in [6.07, 6.45) is -3.38. The predicted molar refractivity (Wildman–Crippen MR) is 68.8 cm³/mol. The molecule has 0 fully saturated rings. The molecule has 0 aliphatic carbocycles. The first kappa shape index (κ1) is 16.1. The monoisotopic (exact) mass is 294 g/mol. The molecule has 1 rings (SSSR count). The van der Waals surface area contributed by atoms with Crippen LogP contribution in [0.2, 0.25) is 0 Å². The molecule has 0 unspecified atom stereocenters. The van der Waals surface area contributed by atoms with Gasteiger partial charge in [-0.3, -0.25) is 4.98 Å². The molecule has 0 bridgehead atoms. The van der Waals surface area contributed by atoms with Gasteiger partial charge >= 0.3 is 6.18 Å². The highest BCUT2D eigenvalue weighted by atomic mass is 32.2. The predicted octanol–water partition coefficient (Wildman–Crippen LogP) is 2.61. The largest absolute Gasteiger partial charge is 0.405 e. The van der Waals surface area contributed by atoms with Gasteiger partial charge in [-0.25, -0.2) is 8.93 Å². The van der Waals surface area contributed by atoms with Gasteiger partial charge in [-0.1, -0.05) is 6.07 Å². The quantitative estimate of drug-likeness (QED) is 0.927. The Labute approximate surface area is 113 Å². The van der Waals surface area contributed by atoms with Gasteiger partial charge in [-0.05, 0) is 32.9 Å². The van der Waals surface area contributed by atoms with Crippen molar-refractivity contribution in [3.8, 4) is 0 Å². The maximum absolute atomic E-state index is 12.9. The molecule has 3 nitrogen and oxygen atoms in total. The minimum atomic E-state index is -4.47. The van der Waals surface area contributed by atoms with Crippen LogP contribution in [-0.4, -0.2) is 26.2 Å². The van der Waals surface area contributed by atoms with Gasteiger partial charge in [-0.2, -0.15) is 13.2 Å². The van der Waals surface area contributed by atoms with Crippen LogP contribution in [0.15, 0.2) is 24.4 Å². The SMILES string of the molecule is CC(C)(C)[S@@](=O)N[C@@H](Cc1ccccn1)C(F)(F)F. The van der Waals surface area contributed by atoms with Crippen molar-refractivity contribution in [2.24, 2.45) is 0 Å². The van der Waals surface area contributed by atoms with E-state index in [0.29, 0.717) is 5.69 Å². The van der Waals surface area contributed by atoms with E-state index in [4.69, 9.17) is 0 Å². The van der Waals surface area contributed by atoms with Gasteiger partial charge < -0.3 is 0 Å². The van der Waals surface area contributed by atoms with E-state index in [1.807, 2.05) is 0 Å². The molecule has 0 saturated heterocycles. The molecule has 0 aliphatic rings. The molecule has 108 valence electrons. The fourth-order valence-electron chi connectivity index (χ4n) is 1.26.